The van der Waals surface area contributed by atoms with Crippen LogP contribution in [0.4, 0.5) is 17.6 Å². The Morgan fingerprint density at radius 1 is 0.862 bits per heavy atom. The summed E-state index contributed by atoms with van der Waals surface area (Å²) in [5, 5.41) is -0.0773. The van der Waals surface area contributed by atoms with E-state index in [0.29, 0.717) is 13.0 Å². The molecule has 1 fully saturated rings. The molecule has 4 nitrogen and oxygen atoms in total. The summed E-state index contributed by atoms with van der Waals surface area (Å²) in [4.78, 5) is 28.1. The Bertz CT molecular complexity index is 933. The lowest BCUT2D eigenvalue weighted by Gasteiger charge is -2.23. The molecule has 3 rings (SSSR count). The number of benzene rings is 2. The molecule has 0 N–H and O–H groups in total. The van der Waals surface area contributed by atoms with Gasteiger partial charge in [0.1, 0.15) is 5.82 Å². The number of hydrogen-bond donors (Lipinski definition) is 0. The van der Waals surface area contributed by atoms with Crippen molar-refractivity contribution in [3.63, 3.8) is 0 Å². The van der Waals surface area contributed by atoms with E-state index >= 15 is 0 Å². The Balaban J connectivity index is 1.75. The zero-order valence-corrected chi connectivity index (χ0v) is 15.9. The van der Waals surface area contributed by atoms with Crippen molar-refractivity contribution in [3.05, 3.63) is 70.0 Å². The molecular weight excluding hydrogens is 412 g/mol. The number of rotatable bonds is 2. The van der Waals surface area contributed by atoms with Crippen LogP contribution in [0.3, 0.4) is 0 Å². The summed E-state index contributed by atoms with van der Waals surface area (Å²) in [6.45, 7) is 0.779. The molecule has 1 heterocycles. The van der Waals surface area contributed by atoms with Crippen molar-refractivity contribution in [1.29, 1.82) is 0 Å². The van der Waals surface area contributed by atoms with E-state index in [-0.39, 0.29) is 35.8 Å². The predicted molar refractivity (Wildman–Crippen MR) is 99.3 cm³/mol. The number of nitrogens with zero attached hydrogens (tertiary/aromatic N) is 2. The van der Waals surface area contributed by atoms with Gasteiger partial charge in [0.25, 0.3) is 11.8 Å². The summed E-state index contributed by atoms with van der Waals surface area (Å²) in [6.07, 6.45) is -4.19. The maximum absolute atomic E-state index is 13.9. The van der Waals surface area contributed by atoms with Crippen molar-refractivity contribution < 1.29 is 27.2 Å². The molecule has 154 valence electrons. The summed E-state index contributed by atoms with van der Waals surface area (Å²) in [6, 6.07) is 8.20. The first kappa shape index (κ1) is 21.1. The van der Waals surface area contributed by atoms with E-state index in [0.717, 1.165) is 18.2 Å². The minimum atomic E-state index is -4.60. The zero-order valence-electron chi connectivity index (χ0n) is 15.2. The van der Waals surface area contributed by atoms with Gasteiger partial charge in [-0.15, -0.1) is 0 Å². The molecule has 0 aromatic heterocycles. The Labute approximate surface area is 169 Å². The number of halogens is 5. The van der Waals surface area contributed by atoms with E-state index in [1.165, 1.54) is 28.0 Å². The van der Waals surface area contributed by atoms with Crippen molar-refractivity contribution in [2.24, 2.45) is 0 Å². The SMILES string of the molecule is O=C(c1ccccc1F)N1CCCN(C(=O)c2cc(C(F)(F)F)ccc2Cl)CC1. The lowest BCUT2D eigenvalue weighted by Crippen LogP contribution is -2.37. The van der Waals surface area contributed by atoms with E-state index in [1.807, 2.05) is 0 Å². The quantitative estimate of drug-likeness (QED) is 0.661. The fraction of sp³-hybridized carbons (Fsp3) is 0.300. The highest BCUT2D eigenvalue weighted by Gasteiger charge is 2.33. The van der Waals surface area contributed by atoms with Crippen LogP contribution in [0.25, 0.3) is 0 Å². The standard InChI is InChI=1S/C20H17ClF4N2O2/c21-16-7-6-13(20(23,24)25)12-15(16)19(29)27-9-3-8-26(10-11-27)18(28)14-4-1-2-5-17(14)22/h1-2,4-7,12H,3,8-11H2. The molecule has 29 heavy (non-hydrogen) atoms. The smallest absolute Gasteiger partial charge is 0.337 e. The van der Waals surface area contributed by atoms with Gasteiger partial charge in [0.2, 0.25) is 0 Å². The summed E-state index contributed by atoms with van der Waals surface area (Å²) in [7, 11) is 0. The van der Waals surface area contributed by atoms with Crippen molar-refractivity contribution in [3.8, 4) is 0 Å². The van der Waals surface area contributed by atoms with Gasteiger partial charge in [-0.25, -0.2) is 4.39 Å². The number of carbonyl (C=O) groups excluding carboxylic acids is 2. The summed E-state index contributed by atoms with van der Waals surface area (Å²) < 4.78 is 52.8. The molecular formula is C20H17ClF4N2O2. The molecule has 0 bridgehead atoms. The minimum absolute atomic E-state index is 0.0619. The molecule has 2 amide bonds. The maximum atomic E-state index is 13.9. The molecule has 2 aromatic rings. The zero-order chi connectivity index (χ0) is 21.2. The molecule has 1 saturated heterocycles. The molecule has 1 aliphatic heterocycles. The fourth-order valence-electron chi connectivity index (χ4n) is 3.16. The third kappa shape index (κ3) is 4.70. The van der Waals surface area contributed by atoms with Gasteiger partial charge in [-0.3, -0.25) is 9.59 Å². The summed E-state index contributed by atoms with van der Waals surface area (Å²) in [5.41, 5.74) is -1.26. The second-order valence-electron chi connectivity index (χ2n) is 6.61. The van der Waals surface area contributed by atoms with Gasteiger partial charge in [-0.1, -0.05) is 23.7 Å². The van der Waals surface area contributed by atoms with Gasteiger partial charge in [0, 0.05) is 26.2 Å². The second-order valence-corrected chi connectivity index (χ2v) is 7.02. The van der Waals surface area contributed by atoms with Crippen LogP contribution < -0.4 is 0 Å². The van der Waals surface area contributed by atoms with Gasteiger partial charge in [-0.2, -0.15) is 13.2 Å². The molecule has 0 aliphatic carbocycles. The van der Waals surface area contributed by atoms with Crippen LogP contribution in [0.2, 0.25) is 5.02 Å². The van der Waals surface area contributed by atoms with Crippen LogP contribution in [0.1, 0.15) is 32.7 Å². The predicted octanol–water partition coefficient (Wildman–Crippen LogP) is 4.49. The van der Waals surface area contributed by atoms with Gasteiger partial charge >= 0.3 is 6.18 Å². The monoisotopic (exact) mass is 428 g/mol. The third-order valence-electron chi connectivity index (χ3n) is 4.70. The second kappa shape index (κ2) is 8.41. The highest BCUT2D eigenvalue weighted by atomic mass is 35.5. The van der Waals surface area contributed by atoms with E-state index < -0.39 is 29.4 Å². The van der Waals surface area contributed by atoms with E-state index in [2.05, 4.69) is 0 Å². The van der Waals surface area contributed by atoms with Gasteiger partial charge in [0.05, 0.1) is 21.7 Å². The molecule has 9 heteroatoms. The highest BCUT2D eigenvalue weighted by Crippen LogP contribution is 2.32. The van der Waals surface area contributed by atoms with Gasteiger partial charge in [0.15, 0.2) is 0 Å². The van der Waals surface area contributed by atoms with Crippen LogP contribution in [0, 0.1) is 5.82 Å². The first-order chi connectivity index (χ1) is 13.7. The number of amides is 2. The van der Waals surface area contributed by atoms with Crippen molar-refractivity contribution >= 4 is 23.4 Å². The molecule has 0 unspecified atom stereocenters. The Kier molecular flexibility index (Phi) is 6.12. The molecule has 0 atom stereocenters. The van der Waals surface area contributed by atoms with Gasteiger partial charge < -0.3 is 9.80 Å². The molecule has 0 spiro atoms. The van der Waals surface area contributed by atoms with Crippen molar-refractivity contribution in [2.45, 2.75) is 12.6 Å². The molecule has 0 radical (unpaired) electrons. The third-order valence-corrected chi connectivity index (χ3v) is 5.03. The summed E-state index contributed by atoms with van der Waals surface area (Å²) in [5.74, 6) is -1.76. The first-order valence-electron chi connectivity index (χ1n) is 8.88. The number of hydrogen-bond acceptors (Lipinski definition) is 2. The van der Waals surface area contributed by atoms with Crippen LogP contribution in [-0.2, 0) is 6.18 Å². The van der Waals surface area contributed by atoms with E-state index in [9.17, 15) is 27.2 Å². The normalized spacial score (nSPS) is 15.2. The van der Waals surface area contributed by atoms with E-state index in [1.54, 1.807) is 6.07 Å². The lowest BCUT2D eigenvalue weighted by molar-refractivity contribution is -0.137. The number of alkyl halides is 3. The van der Waals surface area contributed by atoms with Crippen LogP contribution in [-0.4, -0.2) is 47.8 Å². The topological polar surface area (TPSA) is 40.6 Å². The average molecular weight is 429 g/mol. The van der Waals surface area contributed by atoms with Crippen LogP contribution in [0.15, 0.2) is 42.5 Å². The summed E-state index contributed by atoms with van der Waals surface area (Å²) >= 11 is 5.96. The maximum Gasteiger partial charge on any atom is 0.416 e. The minimum Gasteiger partial charge on any atom is -0.337 e. The Morgan fingerprint density at radius 2 is 1.45 bits per heavy atom. The molecule has 1 aliphatic rings. The highest BCUT2D eigenvalue weighted by molar-refractivity contribution is 6.33. The Morgan fingerprint density at radius 3 is 2.03 bits per heavy atom. The number of carbonyl (C=O) groups is 2. The van der Waals surface area contributed by atoms with Gasteiger partial charge in [-0.05, 0) is 36.8 Å². The van der Waals surface area contributed by atoms with Crippen molar-refractivity contribution in [2.75, 3.05) is 26.2 Å². The fourth-order valence-corrected chi connectivity index (χ4v) is 3.36. The van der Waals surface area contributed by atoms with Crippen LogP contribution >= 0.6 is 11.6 Å². The average Bonchev–Trinajstić information content (AvgIpc) is 2.93. The van der Waals surface area contributed by atoms with Crippen molar-refractivity contribution in [1.82, 2.24) is 9.80 Å². The Hall–Kier alpha value is -2.61. The largest absolute Gasteiger partial charge is 0.416 e. The molecule has 2 aromatic carbocycles. The lowest BCUT2D eigenvalue weighted by atomic mass is 10.1. The van der Waals surface area contributed by atoms with Crippen LogP contribution in [0.5, 0.6) is 0 Å². The first-order valence-corrected chi connectivity index (χ1v) is 9.26. The van der Waals surface area contributed by atoms with E-state index in [4.69, 9.17) is 11.6 Å². The molecule has 0 saturated carbocycles.